The number of halogens is 1. The first-order valence-electron chi connectivity index (χ1n) is 18.8. The molecule has 0 saturated carbocycles. The highest BCUT2D eigenvalue weighted by molar-refractivity contribution is 7.31. The molecule has 0 fully saturated rings. The number of esters is 1. The molecular weight excluding hydrogens is 704 g/mol. The Balaban J connectivity index is 1.60. The minimum absolute atomic E-state index is 0.0747. The molecule has 0 radical (unpaired) electrons. The SMILES string of the molecule is CCCCC(CC)COC(=O)c1sc2c(-c3cc4c(OCC(CC)CCC)c5sc(C)cc5c(OCC(CC)CCC)c4s3)sc(C)c2c1F. The van der Waals surface area contributed by atoms with Gasteiger partial charge in [-0.2, -0.15) is 0 Å². The smallest absolute Gasteiger partial charge is 0.351 e. The van der Waals surface area contributed by atoms with Crippen LogP contribution in [0.5, 0.6) is 11.5 Å². The van der Waals surface area contributed by atoms with Gasteiger partial charge in [-0.15, -0.1) is 45.3 Å². The number of unbranched alkanes of at least 4 members (excludes halogenated alkanes) is 1. The topological polar surface area (TPSA) is 44.8 Å². The van der Waals surface area contributed by atoms with Crippen molar-refractivity contribution >= 4 is 81.6 Å². The summed E-state index contributed by atoms with van der Waals surface area (Å²) in [6.07, 6.45) is 10.9. The molecule has 3 atom stereocenters. The standard InChI is InChI=1S/C41H55FO4S4/c1-9-15-18-28(14-6)23-46-41(43)40-33(42)32-25(8)48-38(39(32)50-40)31-20-30-35(45-22-27(13-5)17-11-3)36-29(19-24(7)47-36)34(37(30)49-31)44-21-26(12-4)16-10-2/h19-20,26-28H,9-18,21-23H2,1-8H3. The molecule has 274 valence electrons. The van der Waals surface area contributed by atoms with Gasteiger partial charge in [0.1, 0.15) is 16.4 Å². The second kappa shape index (κ2) is 18.0. The minimum atomic E-state index is -0.553. The lowest BCUT2D eigenvalue weighted by Crippen LogP contribution is -2.14. The number of ether oxygens (including phenoxy) is 3. The Morgan fingerprint density at radius 1 is 0.700 bits per heavy atom. The Morgan fingerprint density at radius 2 is 1.28 bits per heavy atom. The van der Waals surface area contributed by atoms with E-state index in [4.69, 9.17) is 14.2 Å². The number of thiophene rings is 4. The molecule has 0 amide bonds. The van der Waals surface area contributed by atoms with E-state index in [0.29, 0.717) is 43.0 Å². The highest BCUT2D eigenvalue weighted by Crippen LogP contribution is 2.54. The summed E-state index contributed by atoms with van der Waals surface area (Å²) in [6, 6.07) is 4.47. The Kier molecular flexibility index (Phi) is 14.1. The zero-order chi connectivity index (χ0) is 35.9. The molecule has 0 aliphatic carbocycles. The van der Waals surface area contributed by atoms with Crippen molar-refractivity contribution < 1.29 is 23.4 Å². The van der Waals surface area contributed by atoms with E-state index in [1.54, 1.807) is 34.0 Å². The summed E-state index contributed by atoms with van der Waals surface area (Å²) >= 11 is 6.28. The van der Waals surface area contributed by atoms with Crippen molar-refractivity contribution in [2.24, 2.45) is 17.8 Å². The van der Waals surface area contributed by atoms with Gasteiger partial charge < -0.3 is 14.2 Å². The van der Waals surface area contributed by atoms with Gasteiger partial charge in [0.2, 0.25) is 0 Å². The predicted molar refractivity (Wildman–Crippen MR) is 217 cm³/mol. The van der Waals surface area contributed by atoms with Crippen LogP contribution in [0.1, 0.15) is 125 Å². The largest absolute Gasteiger partial charge is 0.491 e. The van der Waals surface area contributed by atoms with Gasteiger partial charge in [-0.05, 0) is 63.0 Å². The third-order valence-electron chi connectivity index (χ3n) is 10.0. The van der Waals surface area contributed by atoms with E-state index in [1.807, 2.05) is 6.92 Å². The summed E-state index contributed by atoms with van der Waals surface area (Å²) in [7, 11) is 0. The molecule has 1 aromatic carbocycles. The summed E-state index contributed by atoms with van der Waals surface area (Å²) in [5.41, 5.74) is 0. The minimum Gasteiger partial charge on any atom is -0.491 e. The number of hydrogen-bond acceptors (Lipinski definition) is 8. The van der Waals surface area contributed by atoms with Gasteiger partial charge in [0.25, 0.3) is 0 Å². The van der Waals surface area contributed by atoms with E-state index < -0.39 is 11.8 Å². The number of rotatable bonds is 20. The zero-order valence-electron chi connectivity index (χ0n) is 31.2. The monoisotopic (exact) mass is 758 g/mol. The van der Waals surface area contributed by atoms with Gasteiger partial charge in [-0.25, -0.2) is 9.18 Å². The van der Waals surface area contributed by atoms with Crippen molar-refractivity contribution in [2.75, 3.05) is 19.8 Å². The predicted octanol–water partition coefficient (Wildman–Crippen LogP) is 14.6. The maximum absolute atomic E-state index is 16.0. The van der Waals surface area contributed by atoms with Gasteiger partial charge in [-0.1, -0.05) is 86.5 Å². The van der Waals surface area contributed by atoms with Crippen molar-refractivity contribution in [2.45, 2.75) is 120 Å². The fourth-order valence-electron chi connectivity index (χ4n) is 6.84. The first-order valence-corrected chi connectivity index (χ1v) is 22.1. The Morgan fingerprint density at radius 3 is 1.86 bits per heavy atom. The maximum atomic E-state index is 16.0. The molecule has 0 bridgehead atoms. The van der Waals surface area contributed by atoms with Crippen molar-refractivity contribution in [3.8, 4) is 21.3 Å². The molecule has 3 unspecified atom stereocenters. The fraction of sp³-hybridized carbons (Fsp3) is 0.585. The molecular formula is C41H55FO4S4. The molecule has 0 spiro atoms. The van der Waals surface area contributed by atoms with Crippen LogP contribution in [0.25, 0.3) is 40.0 Å². The van der Waals surface area contributed by atoms with Crippen LogP contribution in [-0.2, 0) is 4.74 Å². The molecule has 5 rings (SSSR count). The number of benzene rings is 1. The Labute approximate surface area is 314 Å². The van der Waals surface area contributed by atoms with E-state index >= 15 is 4.39 Å². The van der Waals surface area contributed by atoms with E-state index in [2.05, 4.69) is 60.6 Å². The summed E-state index contributed by atoms with van der Waals surface area (Å²) in [6.45, 7) is 19.0. The number of fused-ring (bicyclic) bond motifs is 3. The lowest BCUT2D eigenvalue weighted by atomic mass is 10.0. The van der Waals surface area contributed by atoms with Gasteiger partial charge >= 0.3 is 5.97 Å². The lowest BCUT2D eigenvalue weighted by Gasteiger charge is -2.19. The number of aryl methyl sites for hydroxylation is 2. The Hall–Kier alpha value is -2.20. The summed E-state index contributed by atoms with van der Waals surface area (Å²) in [4.78, 5) is 17.5. The van der Waals surface area contributed by atoms with Crippen LogP contribution in [0, 0.1) is 37.4 Å². The van der Waals surface area contributed by atoms with Crippen LogP contribution in [0.3, 0.4) is 0 Å². The van der Waals surface area contributed by atoms with Crippen LogP contribution in [0.2, 0.25) is 0 Å². The summed E-state index contributed by atoms with van der Waals surface area (Å²) in [5, 5.41) is 2.71. The molecule has 5 aromatic rings. The molecule has 4 heterocycles. The molecule has 4 nitrogen and oxygen atoms in total. The second-order valence-electron chi connectivity index (χ2n) is 13.8. The highest BCUT2D eigenvalue weighted by Gasteiger charge is 2.29. The normalized spacial score (nSPS) is 13.8. The third kappa shape index (κ3) is 8.37. The van der Waals surface area contributed by atoms with E-state index in [-0.39, 0.29) is 4.88 Å². The van der Waals surface area contributed by atoms with Crippen LogP contribution in [0.4, 0.5) is 4.39 Å². The van der Waals surface area contributed by atoms with Gasteiger partial charge in [0.05, 0.1) is 38.8 Å². The van der Waals surface area contributed by atoms with E-state index in [1.165, 1.54) is 16.2 Å². The first-order chi connectivity index (χ1) is 24.2. The maximum Gasteiger partial charge on any atom is 0.351 e. The number of carbonyl (C=O) groups excluding carboxylic acids is 1. The van der Waals surface area contributed by atoms with Crippen LogP contribution in [-0.4, -0.2) is 25.8 Å². The molecule has 50 heavy (non-hydrogen) atoms. The van der Waals surface area contributed by atoms with E-state index in [0.717, 1.165) is 115 Å². The molecule has 9 heteroatoms. The van der Waals surface area contributed by atoms with Gasteiger partial charge in [0, 0.05) is 30.8 Å². The molecule has 0 aliphatic heterocycles. The van der Waals surface area contributed by atoms with Crippen molar-refractivity contribution in [1.29, 1.82) is 0 Å². The summed E-state index contributed by atoms with van der Waals surface area (Å²) in [5.74, 6) is 2.13. The van der Waals surface area contributed by atoms with Crippen molar-refractivity contribution in [3.63, 3.8) is 0 Å². The second-order valence-corrected chi connectivity index (χ2v) is 18.4. The number of carbonyl (C=O) groups is 1. The molecule has 4 aromatic heterocycles. The quantitative estimate of drug-likeness (QED) is 0.0742. The highest BCUT2D eigenvalue weighted by atomic mass is 32.1. The molecule has 0 saturated heterocycles. The van der Waals surface area contributed by atoms with Gasteiger partial charge in [0.15, 0.2) is 5.82 Å². The van der Waals surface area contributed by atoms with Crippen LogP contribution in [0.15, 0.2) is 12.1 Å². The van der Waals surface area contributed by atoms with Gasteiger partial charge in [-0.3, -0.25) is 0 Å². The average molecular weight is 759 g/mol. The first kappa shape index (κ1) is 39.0. The van der Waals surface area contributed by atoms with Crippen LogP contribution >= 0.6 is 45.3 Å². The van der Waals surface area contributed by atoms with Crippen molar-refractivity contribution in [1.82, 2.24) is 0 Å². The Bertz CT molecular complexity index is 1800. The van der Waals surface area contributed by atoms with Crippen LogP contribution < -0.4 is 9.47 Å². The number of hydrogen-bond donors (Lipinski definition) is 0. The lowest BCUT2D eigenvalue weighted by molar-refractivity contribution is 0.0429. The molecule has 0 N–H and O–H groups in total. The average Bonchev–Trinajstić information content (AvgIpc) is 3.88. The van der Waals surface area contributed by atoms with Crippen molar-refractivity contribution in [3.05, 3.63) is 32.6 Å². The summed E-state index contributed by atoms with van der Waals surface area (Å²) < 4.78 is 38.4. The molecule has 0 aliphatic rings. The van der Waals surface area contributed by atoms with E-state index in [9.17, 15) is 4.79 Å². The fourth-order valence-corrected chi connectivity index (χ4v) is 11.6. The zero-order valence-corrected chi connectivity index (χ0v) is 34.5. The third-order valence-corrected chi connectivity index (χ3v) is 14.8.